The van der Waals surface area contributed by atoms with E-state index >= 15 is 0 Å². The monoisotopic (exact) mass is 198 g/mol. The van der Waals surface area contributed by atoms with Crippen LogP contribution >= 0.6 is 0 Å². The number of ether oxygens (including phenoxy) is 1. The van der Waals surface area contributed by atoms with Crippen molar-refractivity contribution in [2.75, 3.05) is 13.7 Å². The van der Waals surface area contributed by atoms with Crippen molar-refractivity contribution in [2.24, 2.45) is 11.5 Å². The summed E-state index contributed by atoms with van der Waals surface area (Å²) in [4.78, 5) is 0. The van der Waals surface area contributed by atoms with Gasteiger partial charge in [-0.05, 0) is 19.0 Å². The van der Waals surface area contributed by atoms with Crippen LogP contribution in [0.4, 0.5) is 4.39 Å². The van der Waals surface area contributed by atoms with Gasteiger partial charge in [0.1, 0.15) is 0 Å². The smallest absolute Gasteiger partial charge is 0.165 e. The summed E-state index contributed by atoms with van der Waals surface area (Å²) in [7, 11) is 1.43. The molecule has 0 fully saturated rings. The van der Waals surface area contributed by atoms with Crippen molar-refractivity contribution in [1.29, 1.82) is 0 Å². The summed E-state index contributed by atoms with van der Waals surface area (Å²) in [5.41, 5.74) is 11.9. The SMILES string of the molecule is COc1c(F)cccc1[C@@H](N)CCN. The zero-order valence-electron chi connectivity index (χ0n) is 8.16. The number of halogens is 1. The van der Waals surface area contributed by atoms with Crippen molar-refractivity contribution >= 4 is 0 Å². The predicted octanol–water partition coefficient (Wildman–Crippen LogP) is 1.18. The topological polar surface area (TPSA) is 61.3 Å². The van der Waals surface area contributed by atoms with E-state index in [-0.39, 0.29) is 11.8 Å². The van der Waals surface area contributed by atoms with Crippen molar-refractivity contribution in [3.05, 3.63) is 29.6 Å². The van der Waals surface area contributed by atoms with Gasteiger partial charge in [0.2, 0.25) is 0 Å². The molecule has 4 N–H and O–H groups in total. The van der Waals surface area contributed by atoms with Gasteiger partial charge in [0.25, 0.3) is 0 Å². The van der Waals surface area contributed by atoms with Crippen molar-refractivity contribution in [3.63, 3.8) is 0 Å². The van der Waals surface area contributed by atoms with Gasteiger partial charge in [0, 0.05) is 11.6 Å². The molecule has 0 aliphatic rings. The van der Waals surface area contributed by atoms with Crippen LogP contribution in [0, 0.1) is 5.82 Å². The quantitative estimate of drug-likeness (QED) is 0.763. The van der Waals surface area contributed by atoms with Crippen LogP contribution in [0.2, 0.25) is 0 Å². The van der Waals surface area contributed by atoms with Gasteiger partial charge in [0.15, 0.2) is 11.6 Å². The molecule has 1 rings (SSSR count). The highest BCUT2D eigenvalue weighted by Gasteiger charge is 2.14. The van der Waals surface area contributed by atoms with Crippen molar-refractivity contribution < 1.29 is 9.13 Å². The summed E-state index contributed by atoms with van der Waals surface area (Å²) in [6.07, 6.45) is 0.611. The van der Waals surface area contributed by atoms with E-state index in [9.17, 15) is 4.39 Å². The molecule has 0 aliphatic carbocycles. The maximum atomic E-state index is 13.2. The van der Waals surface area contributed by atoms with Crippen LogP contribution in [0.25, 0.3) is 0 Å². The van der Waals surface area contributed by atoms with Gasteiger partial charge in [-0.2, -0.15) is 0 Å². The standard InChI is InChI=1S/C10H15FN2O/c1-14-10-7(9(13)5-6-12)3-2-4-8(10)11/h2-4,9H,5-6,12-13H2,1H3/t9-/m0/s1. The molecule has 0 heterocycles. The van der Waals surface area contributed by atoms with E-state index in [0.29, 0.717) is 18.5 Å². The Morgan fingerprint density at radius 3 is 2.79 bits per heavy atom. The minimum absolute atomic E-state index is 0.216. The molecule has 0 spiro atoms. The van der Waals surface area contributed by atoms with Crippen LogP contribution in [0.5, 0.6) is 5.75 Å². The van der Waals surface area contributed by atoms with Gasteiger partial charge in [-0.25, -0.2) is 4.39 Å². The minimum atomic E-state index is -0.391. The predicted molar refractivity (Wildman–Crippen MR) is 53.6 cm³/mol. The maximum Gasteiger partial charge on any atom is 0.165 e. The molecule has 0 unspecified atom stereocenters. The number of rotatable bonds is 4. The fourth-order valence-corrected chi connectivity index (χ4v) is 1.37. The summed E-state index contributed by atoms with van der Waals surface area (Å²) >= 11 is 0. The van der Waals surface area contributed by atoms with E-state index in [4.69, 9.17) is 16.2 Å². The first-order valence-corrected chi connectivity index (χ1v) is 4.48. The Labute approximate surface area is 82.9 Å². The number of hydrogen-bond acceptors (Lipinski definition) is 3. The molecule has 3 nitrogen and oxygen atoms in total. The number of hydrogen-bond donors (Lipinski definition) is 2. The first kappa shape index (κ1) is 10.9. The van der Waals surface area contributed by atoms with Crippen LogP contribution in [-0.2, 0) is 0 Å². The first-order valence-electron chi connectivity index (χ1n) is 4.48. The molecule has 0 aliphatic heterocycles. The van der Waals surface area contributed by atoms with Crippen LogP contribution in [-0.4, -0.2) is 13.7 Å². The second kappa shape index (κ2) is 4.93. The Balaban J connectivity index is 3.00. The Kier molecular flexibility index (Phi) is 3.85. The first-order chi connectivity index (χ1) is 6.70. The lowest BCUT2D eigenvalue weighted by Gasteiger charge is -2.15. The van der Waals surface area contributed by atoms with Crippen molar-refractivity contribution in [3.8, 4) is 5.75 Å². The van der Waals surface area contributed by atoms with Crippen LogP contribution in [0.15, 0.2) is 18.2 Å². The highest BCUT2D eigenvalue weighted by atomic mass is 19.1. The van der Waals surface area contributed by atoms with Crippen molar-refractivity contribution in [1.82, 2.24) is 0 Å². The lowest BCUT2D eigenvalue weighted by atomic mass is 10.0. The summed E-state index contributed by atoms with van der Waals surface area (Å²) < 4.78 is 18.2. The zero-order valence-corrected chi connectivity index (χ0v) is 8.16. The Hall–Kier alpha value is -1.13. The second-order valence-electron chi connectivity index (χ2n) is 3.05. The molecule has 0 saturated carbocycles. The molecule has 4 heteroatoms. The lowest BCUT2D eigenvalue weighted by Crippen LogP contribution is -2.16. The summed E-state index contributed by atoms with van der Waals surface area (Å²) in [5, 5.41) is 0. The van der Waals surface area contributed by atoms with E-state index in [0.717, 1.165) is 0 Å². The summed E-state index contributed by atoms with van der Waals surface area (Å²) in [6, 6.07) is 4.44. The van der Waals surface area contributed by atoms with E-state index in [1.54, 1.807) is 12.1 Å². The molecule has 0 aromatic heterocycles. The fraction of sp³-hybridized carbons (Fsp3) is 0.400. The molecule has 1 atom stereocenters. The second-order valence-corrected chi connectivity index (χ2v) is 3.05. The van der Waals surface area contributed by atoms with E-state index in [1.807, 2.05) is 0 Å². The summed E-state index contributed by atoms with van der Waals surface area (Å²) in [5.74, 6) is -0.175. The molecular formula is C10H15FN2O. The lowest BCUT2D eigenvalue weighted by molar-refractivity contribution is 0.377. The maximum absolute atomic E-state index is 13.2. The third-order valence-corrected chi connectivity index (χ3v) is 2.08. The fourth-order valence-electron chi connectivity index (χ4n) is 1.37. The van der Waals surface area contributed by atoms with Gasteiger partial charge >= 0.3 is 0 Å². The Morgan fingerprint density at radius 2 is 2.21 bits per heavy atom. The summed E-state index contributed by atoms with van der Waals surface area (Å²) in [6.45, 7) is 0.473. The molecule has 0 amide bonds. The van der Waals surface area contributed by atoms with Crippen LogP contribution in [0.3, 0.4) is 0 Å². The van der Waals surface area contributed by atoms with Gasteiger partial charge in [-0.3, -0.25) is 0 Å². The minimum Gasteiger partial charge on any atom is -0.493 e. The van der Waals surface area contributed by atoms with E-state index in [1.165, 1.54) is 13.2 Å². The molecular weight excluding hydrogens is 183 g/mol. The van der Waals surface area contributed by atoms with Crippen LogP contribution < -0.4 is 16.2 Å². The third kappa shape index (κ3) is 2.21. The number of para-hydroxylation sites is 1. The van der Waals surface area contributed by atoms with Gasteiger partial charge in [0.05, 0.1) is 7.11 Å². The average molecular weight is 198 g/mol. The molecule has 78 valence electrons. The average Bonchev–Trinajstić information content (AvgIpc) is 2.17. The number of methoxy groups -OCH3 is 1. The molecule has 0 saturated heterocycles. The third-order valence-electron chi connectivity index (χ3n) is 2.08. The Morgan fingerprint density at radius 1 is 1.50 bits per heavy atom. The highest BCUT2D eigenvalue weighted by Crippen LogP contribution is 2.27. The van der Waals surface area contributed by atoms with Gasteiger partial charge in [-0.15, -0.1) is 0 Å². The molecule has 0 radical (unpaired) electrons. The Bertz CT molecular complexity index is 304. The molecule has 14 heavy (non-hydrogen) atoms. The van der Waals surface area contributed by atoms with Crippen LogP contribution in [0.1, 0.15) is 18.0 Å². The number of nitrogens with two attached hydrogens (primary N) is 2. The number of benzene rings is 1. The normalized spacial score (nSPS) is 12.6. The molecule has 1 aromatic carbocycles. The zero-order chi connectivity index (χ0) is 10.6. The van der Waals surface area contributed by atoms with Gasteiger partial charge < -0.3 is 16.2 Å². The van der Waals surface area contributed by atoms with E-state index < -0.39 is 5.82 Å². The highest BCUT2D eigenvalue weighted by molar-refractivity contribution is 5.37. The molecule has 0 bridgehead atoms. The largest absolute Gasteiger partial charge is 0.493 e. The van der Waals surface area contributed by atoms with E-state index in [2.05, 4.69) is 0 Å². The van der Waals surface area contributed by atoms with Crippen molar-refractivity contribution in [2.45, 2.75) is 12.5 Å². The van der Waals surface area contributed by atoms with Gasteiger partial charge in [-0.1, -0.05) is 12.1 Å². The molecule has 1 aromatic rings.